The third-order valence-corrected chi connectivity index (χ3v) is 11.1. The van der Waals surface area contributed by atoms with E-state index in [0.717, 1.165) is 24.2 Å². The van der Waals surface area contributed by atoms with Crippen molar-refractivity contribution in [3.8, 4) is 11.1 Å². The number of hydrogen-bond donors (Lipinski definition) is 0. The van der Waals surface area contributed by atoms with E-state index in [1.165, 1.54) is 70.0 Å². The summed E-state index contributed by atoms with van der Waals surface area (Å²) in [4.78, 5) is 2.43. The van der Waals surface area contributed by atoms with Crippen LogP contribution >= 0.6 is 11.3 Å². The molecule has 1 heterocycles. The van der Waals surface area contributed by atoms with E-state index < -0.39 is 0 Å². The smallest absolute Gasteiger partial charge is 0.0468 e. The van der Waals surface area contributed by atoms with Crippen LogP contribution in [0.5, 0.6) is 0 Å². The first-order valence-electron chi connectivity index (χ1n) is 15.9. The van der Waals surface area contributed by atoms with E-state index in [2.05, 4.69) is 158 Å². The van der Waals surface area contributed by atoms with Crippen molar-refractivity contribution in [1.82, 2.24) is 0 Å². The number of hydrogen-bond acceptors (Lipinski definition) is 2. The molecule has 0 saturated carbocycles. The fourth-order valence-corrected chi connectivity index (χ4v) is 8.80. The van der Waals surface area contributed by atoms with Crippen molar-refractivity contribution in [3.63, 3.8) is 0 Å². The lowest BCUT2D eigenvalue weighted by atomic mass is 9.82. The molecule has 0 radical (unpaired) electrons. The number of anilines is 3. The number of fused-ring (bicyclic) bond motifs is 8. The maximum absolute atomic E-state index is 2.45. The van der Waals surface area contributed by atoms with E-state index in [1.54, 1.807) is 0 Å². The van der Waals surface area contributed by atoms with E-state index in [9.17, 15) is 0 Å². The van der Waals surface area contributed by atoms with Crippen molar-refractivity contribution in [2.45, 2.75) is 32.1 Å². The van der Waals surface area contributed by atoms with Gasteiger partial charge in [-0.2, -0.15) is 0 Å². The molecular weight excluding hydrogens is 563 g/mol. The van der Waals surface area contributed by atoms with Crippen molar-refractivity contribution >= 4 is 64.9 Å². The first kappa shape index (κ1) is 26.5. The summed E-state index contributed by atoms with van der Waals surface area (Å²) in [7, 11) is 0. The number of rotatable bonds is 4. The fraction of sp³-hybridized carbons (Fsp3) is 0.116. The summed E-state index contributed by atoms with van der Waals surface area (Å²) < 4.78 is 2.75. The summed E-state index contributed by atoms with van der Waals surface area (Å²) in [6.07, 6.45) is 9.13. The maximum Gasteiger partial charge on any atom is 0.0468 e. The number of nitrogens with zero attached hydrogens (tertiary/aromatic N) is 1. The minimum absolute atomic E-state index is 0.0653. The number of allylic oxidation sites excluding steroid dienone is 4. The van der Waals surface area contributed by atoms with Gasteiger partial charge in [-0.15, -0.1) is 11.3 Å². The lowest BCUT2D eigenvalue weighted by Gasteiger charge is -2.27. The summed E-state index contributed by atoms with van der Waals surface area (Å²) >= 11 is 1.93. The van der Waals surface area contributed by atoms with Gasteiger partial charge in [-0.25, -0.2) is 0 Å². The molecule has 0 unspecified atom stereocenters. The molecular formula is C43H33NS. The van der Waals surface area contributed by atoms with Crippen LogP contribution in [-0.2, 0) is 5.41 Å². The molecule has 45 heavy (non-hydrogen) atoms. The molecule has 0 spiro atoms. The zero-order valence-electron chi connectivity index (χ0n) is 25.5. The largest absolute Gasteiger partial charge is 0.310 e. The van der Waals surface area contributed by atoms with Crippen molar-refractivity contribution in [3.05, 3.63) is 156 Å². The topological polar surface area (TPSA) is 3.24 Å². The van der Waals surface area contributed by atoms with Crippen LogP contribution in [0, 0.1) is 0 Å². The lowest BCUT2D eigenvalue weighted by molar-refractivity contribution is 0.661. The number of benzene rings is 6. The molecule has 0 fully saturated rings. The molecule has 2 aliphatic carbocycles. The molecule has 0 saturated heterocycles. The molecule has 0 bridgehead atoms. The fourth-order valence-electron chi connectivity index (χ4n) is 7.54. The molecule has 2 heteroatoms. The van der Waals surface area contributed by atoms with Crippen LogP contribution < -0.4 is 4.90 Å². The second-order valence-corrected chi connectivity index (χ2v) is 13.9. The summed E-state index contributed by atoms with van der Waals surface area (Å²) in [5.74, 6) is 0. The minimum Gasteiger partial charge on any atom is -0.310 e. The Hall–Kier alpha value is -4.92. The third kappa shape index (κ3) is 4.13. The van der Waals surface area contributed by atoms with Gasteiger partial charge in [0, 0.05) is 48.2 Å². The van der Waals surface area contributed by atoms with Crippen LogP contribution in [0.25, 0.3) is 47.6 Å². The highest BCUT2D eigenvalue weighted by atomic mass is 32.1. The van der Waals surface area contributed by atoms with E-state index in [4.69, 9.17) is 0 Å². The molecule has 1 aromatic heterocycles. The minimum atomic E-state index is -0.0653. The zero-order valence-corrected chi connectivity index (χ0v) is 26.4. The molecule has 216 valence electrons. The normalized spacial score (nSPS) is 14.9. The predicted molar refractivity (Wildman–Crippen MR) is 195 cm³/mol. The Bertz CT molecular complexity index is 2350. The van der Waals surface area contributed by atoms with Gasteiger partial charge in [-0.3, -0.25) is 0 Å². The van der Waals surface area contributed by atoms with Gasteiger partial charge >= 0.3 is 0 Å². The standard InChI is InChI=1S/C43H33NS/c1-43(2)38-24-22-34(27-37(38)41-39(43)25-23-36-35-14-8-9-15-40(35)45-42(36)41)44(33-21-18-29-12-6-7-13-31(29)26-33)32-19-16-30(17-20-32)28-10-4-3-5-11-28/h4,6-27H,3,5H2,1-2H3. The Morgan fingerprint density at radius 3 is 2.20 bits per heavy atom. The Kier molecular flexibility index (Phi) is 5.92. The number of thiophene rings is 1. The molecule has 0 amide bonds. The van der Waals surface area contributed by atoms with Crippen molar-refractivity contribution in [1.29, 1.82) is 0 Å². The van der Waals surface area contributed by atoms with E-state index in [0.29, 0.717) is 0 Å². The molecule has 1 nitrogen and oxygen atoms in total. The Morgan fingerprint density at radius 1 is 0.622 bits per heavy atom. The van der Waals surface area contributed by atoms with Gasteiger partial charge in [0.15, 0.2) is 0 Å². The molecule has 6 aromatic carbocycles. The highest BCUT2D eigenvalue weighted by Gasteiger charge is 2.37. The van der Waals surface area contributed by atoms with E-state index in [1.807, 2.05) is 11.3 Å². The van der Waals surface area contributed by atoms with Gasteiger partial charge in [-0.05, 0) is 93.9 Å². The second kappa shape index (κ2) is 10.1. The van der Waals surface area contributed by atoms with Gasteiger partial charge in [0.05, 0.1) is 0 Å². The molecule has 0 atom stereocenters. The average Bonchev–Trinajstić information content (AvgIpc) is 3.57. The van der Waals surface area contributed by atoms with Gasteiger partial charge < -0.3 is 4.90 Å². The van der Waals surface area contributed by atoms with Crippen LogP contribution in [0.4, 0.5) is 17.1 Å². The van der Waals surface area contributed by atoms with Crippen LogP contribution in [0.2, 0.25) is 0 Å². The van der Waals surface area contributed by atoms with Crippen LogP contribution in [0.15, 0.2) is 140 Å². The first-order chi connectivity index (χ1) is 22.1. The van der Waals surface area contributed by atoms with Crippen LogP contribution in [0.3, 0.4) is 0 Å². The lowest BCUT2D eigenvalue weighted by Crippen LogP contribution is -2.15. The van der Waals surface area contributed by atoms with Crippen molar-refractivity contribution < 1.29 is 0 Å². The zero-order chi connectivity index (χ0) is 30.1. The monoisotopic (exact) mass is 595 g/mol. The highest BCUT2D eigenvalue weighted by molar-refractivity contribution is 7.26. The third-order valence-electron chi connectivity index (χ3n) is 9.87. The quantitative estimate of drug-likeness (QED) is 0.196. The van der Waals surface area contributed by atoms with Gasteiger partial charge in [0.1, 0.15) is 0 Å². The molecule has 7 aromatic rings. The first-order valence-corrected chi connectivity index (χ1v) is 16.7. The molecule has 2 aliphatic rings. The summed E-state index contributed by atoms with van der Waals surface area (Å²) in [5, 5.41) is 5.21. The van der Waals surface area contributed by atoms with Gasteiger partial charge in [-0.1, -0.05) is 111 Å². The predicted octanol–water partition coefficient (Wildman–Crippen LogP) is 12.7. The Balaban J connectivity index is 1.25. The van der Waals surface area contributed by atoms with Crippen LogP contribution in [-0.4, -0.2) is 0 Å². The van der Waals surface area contributed by atoms with Crippen molar-refractivity contribution in [2.24, 2.45) is 0 Å². The SMILES string of the molecule is CC1(C)c2ccc(N(c3ccc(C4=CCCC=C4)cc3)c3ccc4ccccc4c3)cc2-c2c1ccc1c2sc2ccccc21. The Morgan fingerprint density at radius 2 is 1.36 bits per heavy atom. The van der Waals surface area contributed by atoms with Crippen LogP contribution in [0.1, 0.15) is 43.4 Å². The summed E-state index contributed by atoms with van der Waals surface area (Å²) in [6.45, 7) is 4.76. The average molecular weight is 596 g/mol. The maximum atomic E-state index is 2.45. The summed E-state index contributed by atoms with van der Waals surface area (Å²) in [6, 6.07) is 45.3. The van der Waals surface area contributed by atoms with Gasteiger partial charge in [0.25, 0.3) is 0 Å². The second-order valence-electron chi connectivity index (χ2n) is 12.9. The van der Waals surface area contributed by atoms with E-state index in [-0.39, 0.29) is 5.41 Å². The molecule has 0 aliphatic heterocycles. The highest BCUT2D eigenvalue weighted by Crippen LogP contribution is 2.55. The summed E-state index contributed by atoms with van der Waals surface area (Å²) in [5.41, 5.74) is 11.6. The van der Waals surface area contributed by atoms with E-state index >= 15 is 0 Å². The van der Waals surface area contributed by atoms with Crippen molar-refractivity contribution in [2.75, 3.05) is 4.90 Å². The van der Waals surface area contributed by atoms with Gasteiger partial charge in [0.2, 0.25) is 0 Å². The Labute approximate surface area is 268 Å². The molecule has 9 rings (SSSR count). The molecule has 0 N–H and O–H groups in total.